The lowest BCUT2D eigenvalue weighted by molar-refractivity contribution is -0.117. The number of methoxy groups -OCH3 is 1. The van der Waals surface area contributed by atoms with Gasteiger partial charge in [0.25, 0.3) is 5.89 Å². The fraction of sp³-hybridized carbons (Fsp3) is 0.200. The quantitative estimate of drug-likeness (QED) is 0.602. The molecule has 4 rings (SSSR count). The summed E-state index contributed by atoms with van der Waals surface area (Å²) in [4.78, 5) is 30.0. The monoisotopic (exact) mass is 415 g/mol. The van der Waals surface area contributed by atoms with E-state index in [4.69, 9.17) is 20.9 Å². The molecule has 148 valence electrons. The maximum absolute atomic E-state index is 13.4. The number of carbonyl (C=O) groups excluding carboxylic acids is 2. The Morgan fingerprint density at radius 3 is 2.90 bits per heavy atom. The number of hydrogen-bond donors (Lipinski definition) is 0. The highest BCUT2D eigenvalue weighted by Crippen LogP contribution is 2.33. The molecule has 1 atom stereocenters. The highest BCUT2D eigenvalue weighted by Gasteiger charge is 2.35. The van der Waals surface area contributed by atoms with Gasteiger partial charge in [-0.2, -0.15) is 4.98 Å². The van der Waals surface area contributed by atoms with Gasteiger partial charge in [-0.1, -0.05) is 22.8 Å². The van der Waals surface area contributed by atoms with Gasteiger partial charge in [0.2, 0.25) is 5.91 Å². The first-order chi connectivity index (χ1) is 14.0. The van der Waals surface area contributed by atoms with E-state index in [0.29, 0.717) is 29.2 Å². The van der Waals surface area contributed by atoms with Crippen LogP contribution in [-0.2, 0) is 9.53 Å². The molecule has 3 aromatic rings. The SMILES string of the molecule is COC(=O)c1cccc(-c2nc([C@H]3CC(=O)N(c4ccc(F)c(Cl)c4)C3)no2)c1. The van der Waals surface area contributed by atoms with E-state index in [-0.39, 0.29) is 29.2 Å². The van der Waals surface area contributed by atoms with Crippen molar-refractivity contribution in [1.82, 2.24) is 10.1 Å². The molecule has 2 aromatic carbocycles. The predicted octanol–water partition coefficient (Wildman–Crippen LogP) is 3.84. The first kappa shape index (κ1) is 19.1. The average Bonchev–Trinajstić information content (AvgIpc) is 3.36. The van der Waals surface area contributed by atoms with Crippen molar-refractivity contribution in [2.75, 3.05) is 18.6 Å². The predicted molar refractivity (Wildman–Crippen MR) is 102 cm³/mol. The summed E-state index contributed by atoms with van der Waals surface area (Å²) in [5, 5.41) is 3.95. The zero-order valence-corrected chi connectivity index (χ0v) is 16.0. The number of esters is 1. The summed E-state index contributed by atoms with van der Waals surface area (Å²) in [7, 11) is 1.30. The zero-order chi connectivity index (χ0) is 20.5. The second-order valence-corrected chi connectivity index (χ2v) is 6.94. The number of benzene rings is 2. The third-order valence-electron chi connectivity index (χ3n) is 4.68. The minimum Gasteiger partial charge on any atom is -0.465 e. The molecule has 9 heteroatoms. The molecule has 1 saturated heterocycles. The summed E-state index contributed by atoms with van der Waals surface area (Å²) in [5.74, 6) is -0.824. The van der Waals surface area contributed by atoms with Gasteiger partial charge in [0, 0.05) is 30.1 Å². The molecule has 0 aliphatic carbocycles. The number of carbonyl (C=O) groups is 2. The molecule has 0 radical (unpaired) electrons. The van der Waals surface area contributed by atoms with E-state index in [1.54, 1.807) is 24.3 Å². The smallest absolute Gasteiger partial charge is 0.337 e. The summed E-state index contributed by atoms with van der Waals surface area (Å²) < 4.78 is 23.4. The largest absolute Gasteiger partial charge is 0.465 e. The number of amides is 1. The molecule has 7 nitrogen and oxygen atoms in total. The van der Waals surface area contributed by atoms with Crippen molar-refractivity contribution in [3.8, 4) is 11.5 Å². The summed E-state index contributed by atoms with van der Waals surface area (Å²) in [6.07, 6.45) is 0.191. The summed E-state index contributed by atoms with van der Waals surface area (Å²) in [5.41, 5.74) is 1.44. The molecular formula is C20H15ClFN3O4. The summed E-state index contributed by atoms with van der Waals surface area (Å²) >= 11 is 5.82. The molecule has 1 fully saturated rings. The van der Waals surface area contributed by atoms with Crippen LogP contribution in [0.3, 0.4) is 0 Å². The van der Waals surface area contributed by atoms with Gasteiger partial charge in [-0.3, -0.25) is 4.79 Å². The van der Waals surface area contributed by atoms with Gasteiger partial charge in [0.1, 0.15) is 5.82 Å². The van der Waals surface area contributed by atoms with E-state index >= 15 is 0 Å². The molecule has 1 aliphatic heterocycles. The maximum atomic E-state index is 13.4. The van der Waals surface area contributed by atoms with Gasteiger partial charge in [-0.15, -0.1) is 0 Å². The van der Waals surface area contributed by atoms with Gasteiger partial charge in [-0.25, -0.2) is 9.18 Å². The minimum atomic E-state index is -0.546. The molecule has 0 bridgehead atoms. The molecule has 0 saturated carbocycles. The van der Waals surface area contributed by atoms with E-state index in [0.717, 1.165) is 0 Å². The first-order valence-electron chi connectivity index (χ1n) is 8.74. The Morgan fingerprint density at radius 2 is 2.14 bits per heavy atom. The average molecular weight is 416 g/mol. The highest BCUT2D eigenvalue weighted by molar-refractivity contribution is 6.31. The maximum Gasteiger partial charge on any atom is 0.337 e. The van der Waals surface area contributed by atoms with Crippen LogP contribution in [0.15, 0.2) is 47.0 Å². The van der Waals surface area contributed by atoms with Crippen LogP contribution in [0.25, 0.3) is 11.5 Å². The van der Waals surface area contributed by atoms with Crippen LogP contribution in [0, 0.1) is 5.82 Å². The Balaban J connectivity index is 1.55. The number of anilines is 1. The molecule has 1 aliphatic rings. The fourth-order valence-corrected chi connectivity index (χ4v) is 3.37. The molecule has 0 N–H and O–H groups in total. The van der Waals surface area contributed by atoms with Crippen LogP contribution in [0.2, 0.25) is 5.02 Å². The number of nitrogens with zero attached hydrogens (tertiary/aromatic N) is 3. The lowest BCUT2D eigenvalue weighted by Crippen LogP contribution is -2.24. The number of halogens is 2. The van der Waals surface area contributed by atoms with Crippen molar-refractivity contribution in [2.45, 2.75) is 12.3 Å². The van der Waals surface area contributed by atoms with Crippen LogP contribution in [0.1, 0.15) is 28.5 Å². The van der Waals surface area contributed by atoms with Crippen molar-refractivity contribution in [3.05, 3.63) is 64.7 Å². The third-order valence-corrected chi connectivity index (χ3v) is 4.97. The molecule has 2 heterocycles. The summed E-state index contributed by atoms with van der Waals surface area (Å²) in [6.45, 7) is 0.321. The van der Waals surface area contributed by atoms with Gasteiger partial charge >= 0.3 is 5.97 Å². The molecule has 0 spiro atoms. The standard InChI is InChI=1S/C20H15ClFN3O4/c1-28-20(27)12-4-2-3-11(7-12)19-23-18(24-29-19)13-8-17(26)25(10-13)14-5-6-16(22)15(21)9-14/h2-7,9,13H,8,10H2,1H3/t13-/m0/s1. The van der Waals surface area contributed by atoms with Crippen molar-refractivity contribution >= 4 is 29.2 Å². The number of rotatable bonds is 4. The van der Waals surface area contributed by atoms with Crippen molar-refractivity contribution in [1.29, 1.82) is 0 Å². The zero-order valence-electron chi connectivity index (χ0n) is 15.3. The van der Waals surface area contributed by atoms with Gasteiger partial charge in [0.05, 0.1) is 17.7 Å². The van der Waals surface area contributed by atoms with Gasteiger partial charge < -0.3 is 14.2 Å². The van der Waals surface area contributed by atoms with Crippen molar-refractivity contribution in [2.24, 2.45) is 0 Å². The van der Waals surface area contributed by atoms with Crippen LogP contribution >= 0.6 is 11.6 Å². The lowest BCUT2D eigenvalue weighted by atomic mass is 10.1. The number of aromatic nitrogens is 2. The Kier molecular flexibility index (Phi) is 5.02. The Bertz CT molecular complexity index is 1100. The molecular weight excluding hydrogens is 401 g/mol. The van der Waals surface area contributed by atoms with Crippen molar-refractivity contribution < 1.29 is 23.2 Å². The fourth-order valence-electron chi connectivity index (χ4n) is 3.20. The number of hydrogen-bond acceptors (Lipinski definition) is 6. The van der Waals surface area contributed by atoms with Crippen LogP contribution < -0.4 is 4.90 Å². The van der Waals surface area contributed by atoms with Crippen LogP contribution in [0.5, 0.6) is 0 Å². The van der Waals surface area contributed by atoms with E-state index < -0.39 is 11.8 Å². The first-order valence-corrected chi connectivity index (χ1v) is 9.12. The molecule has 29 heavy (non-hydrogen) atoms. The second-order valence-electron chi connectivity index (χ2n) is 6.53. The van der Waals surface area contributed by atoms with E-state index in [2.05, 4.69) is 10.1 Å². The third kappa shape index (κ3) is 3.71. The van der Waals surface area contributed by atoms with E-state index in [1.807, 2.05) is 0 Å². The Labute approximate surface area is 170 Å². The normalized spacial score (nSPS) is 16.3. The topological polar surface area (TPSA) is 85.5 Å². The van der Waals surface area contributed by atoms with Gasteiger partial charge in [-0.05, 0) is 36.4 Å². The Morgan fingerprint density at radius 1 is 1.31 bits per heavy atom. The van der Waals surface area contributed by atoms with E-state index in [1.165, 1.54) is 30.2 Å². The Hall–Kier alpha value is -3.26. The minimum absolute atomic E-state index is 0.0499. The molecule has 1 amide bonds. The second kappa shape index (κ2) is 7.63. The molecule has 0 unspecified atom stereocenters. The van der Waals surface area contributed by atoms with Crippen LogP contribution in [0.4, 0.5) is 10.1 Å². The van der Waals surface area contributed by atoms with Crippen LogP contribution in [-0.4, -0.2) is 35.7 Å². The van der Waals surface area contributed by atoms with Crippen molar-refractivity contribution in [3.63, 3.8) is 0 Å². The number of ether oxygens (including phenoxy) is 1. The highest BCUT2D eigenvalue weighted by atomic mass is 35.5. The summed E-state index contributed by atoms with van der Waals surface area (Å²) in [6, 6.07) is 10.8. The molecule has 1 aromatic heterocycles. The van der Waals surface area contributed by atoms with Gasteiger partial charge in [0.15, 0.2) is 5.82 Å². The van der Waals surface area contributed by atoms with E-state index in [9.17, 15) is 14.0 Å². The lowest BCUT2D eigenvalue weighted by Gasteiger charge is -2.16.